The summed E-state index contributed by atoms with van der Waals surface area (Å²) in [6.45, 7) is 2.71. The van der Waals surface area contributed by atoms with Gasteiger partial charge in [0.2, 0.25) is 0 Å². The molecule has 2 aromatic rings. The Morgan fingerprint density at radius 1 is 1.37 bits per heavy atom. The highest BCUT2D eigenvalue weighted by Gasteiger charge is 2.25. The van der Waals surface area contributed by atoms with Gasteiger partial charge in [0, 0.05) is 28.3 Å². The van der Waals surface area contributed by atoms with Crippen LogP contribution in [0.25, 0.3) is 0 Å². The van der Waals surface area contributed by atoms with E-state index in [0.717, 1.165) is 34.0 Å². The Balaban J connectivity index is 2.02. The lowest BCUT2D eigenvalue weighted by Crippen LogP contribution is -2.35. The van der Waals surface area contributed by atoms with Crippen LogP contribution in [0, 0.1) is 6.92 Å². The maximum atomic E-state index is 12.6. The van der Waals surface area contributed by atoms with Crippen molar-refractivity contribution in [3.63, 3.8) is 0 Å². The van der Waals surface area contributed by atoms with E-state index in [1.165, 1.54) is 0 Å². The fraction of sp³-hybridized carbons (Fsp3) is 0.214. The summed E-state index contributed by atoms with van der Waals surface area (Å²) >= 11 is 3.34. The second-order valence-corrected chi connectivity index (χ2v) is 6.38. The number of carbonyl (C=O) groups is 1. The summed E-state index contributed by atoms with van der Waals surface area (Å²) in [6, 6.07) is 5.77. The molecule has 5 heteroatoms. The minimum atomic E-state index is 0.0749. The summed E-state index contributed by atoms with van der Waals surface area (Å²) in [4.78, 5) is 15.6. The van der Waals surface area contributed by atoms with E-state index in [0.29, 0.717) is 5.69 Å². The lowest BCUT2D eigenvalue weighted by atomic mass is 10.1. The summed E-state index contributed by atoms with van der Waals surface area (Å²) in [7, 11) is 0. The van der Waals surface area contributed by atoms with Crippen molar-refractivity contribution in [2.24, 2.45) is 0 Å². The van der Waals surface area contributed by atoms with Crippen molar-refractivity contribution in [2.75, 3.05) is 22.9 Å². The van der Waals surface area contributed by atoms with Crippen LogP contribution < -0.4 is 10.6 Å². The van der Waals surface area contributed by atoms with E-state index in [4.69, 9.17) is 5.73 Å². The minimum Gasteiger partial charge on any atom is -0.399 e. The van der Waals surface area contributed by atoms with Crippen LogP contribution in [0.5, 0.6) is 0 Å². The molecule has 0 bridgehead atoms. The summed E-state index contributed by atoms with van der Waals surface area (Å²) in [5.74, 6) is 0.997. The summed E-state index contributed by atoms with van der Waals surface area (Å²) in [6.07, 6.45) is 0. The van der Waals surface area contributed by atoms with E-state index < -0.39 is 0 Å². The van der Waals surface area contributed by atoms with Crippen molar-refractivity contribution in [1.82, 2.24) is 0 Å². The first-order valence-corrected chi connectivity index (χ1v) is 7.96. The first-order valence-electron chi connectivity index (χ1n) is 6.04. The zero-order valence-electron chi connectivity index (χ0n) is 10.6. The monoisotopic (exact) mass is 290 g/mol. The molecule has 1 aromatic carbocycles. The van der Waals surface area contributed by atoms with Crippen LogP contribution in [-0.4, -0.2) is 18.2 Å². The van der Waals surface area contributed by atoms with Gasteiger partial charge in [0.25, 0.3) is 5.91 Å². The zero-order valence-corrected chi connectivity index (χ0v) is 12.2. The quantitative estimate of drug-likeness (QED) is 0.819. The van der Waals surface area contributed by atoms with Gasteiger partial charge in [-0.25, -0.2) is 0 Å². The van der Waals surface area contributed by atoms with Gasteiger partial charge in [0.15, 0.2) is 0 Å². The lowest BCUT2D eigenvalue weighted by molar-refractivity contribution is 0.0987. The number of rotatable bonds is 1. The molecule has 19 heavy (non-hydrogen) atoms. The van der Waals surface area contributed by atoms with E-state index >= 15 is 0 Å². The van der Waals surface area contributed by atoms with Gasteiger partial charge >= 0.3 is 0 Å². The molecule has 0 radical (unpaired) electrons. The Hall–Kier alpha value is -1.46. The molecule has 1 aromatic heterocycles. The van der Waals surface area contributed by atoms with Gasteiger partial charge in [-0.15, -0.1) is 11.8 Å². The number of thiophene rings is 1. The Morgan fingerprint density at radius 2 is 2.21 bits per heavy atom. The van der Waals surface area contributed by atoms with E-state index in [9.17, 15) is 4.79 Å². The number of benzene rings is 1. The molecular weight excluding hydrogens is 276 g/mol. The number of nitrogen functional groups attached to an aromatic ring is 1. The van der Waals surface area contributed by atoms with Crippen molar-refractivity contribution < 1.29 is 4.79 Å². The molecule has 0 spiro atoms. The topological polar surface area (TPSA) is 46.3 Å². The molecule has 0 aliphatic carbocycles. The van der Waals surface area contributed by atoms with Gasteiger partial charge in [-0.3, -0.25) is 4.79 Å². The maximum absolute atomic E-state index is 12.6. The number of nitrogens with zero attached hydrogens (tertiary/aromatic N) is 1. The standard InChI is InChI=1S/C14H14N2OS2/c1-9-7-18-8-11(9)14(17)16-4-5-19-13-3-2-10(15)6-12(13)16/h2-3,6-8H,4-5,15H2,1H3. The lowest BCUT2D eigenvalue weighted by Gasteiger charge is -2.29. The third-order valence-electron chi connectivity index (χ3n) is 3.18. The molecule has 3 rings (SSSR count). The first kappa shape index (κ1) is 12.6. The number of hydrogen-bond donors (Lipinski definition) is 1. The third-order valence-corrected chi connectivity index (χ3v) is 5.08. The van der Waals surface area contributed by atoms with Crippen LogP contribution >= 0.6 is 23.1 Å². The Morgan fingerprint density at radius 3 is 2.95 bits per heavy atom. The minimum absolute atomic E-state index is 0.0749. The number of fused-ring (bicyclic) bond motifs is 1. The van der Waals surface area contributed by atoms with E-state index in [2.05, 4.69) is 0 Å². The maximum Gasteiger partial charge on any atom is 0.259 e. The second kappa shape index (κ2) is 4.90. The van der Waals surface area contributed by atoms with Crippen molar-refractivity contribution in [3.8, 4) is 0 Å². The number of carbonyl (C=O) groups excluding carboxylic acids is 1. The van der Waals surface area contributed by atoms with Gasteiger partial charge < -0.3 is 10.6 Å². The fourth-order valence-corrected chi connectivity index (χ4v) is 3.97. The van der Waals surface area contributed by atoms with Crippen molar-refractivity contribution in [1.29, 1.82) is 0 Å². The summed E-state index contributed by atoms with van der Waals surface area (Å²) in [5.41, 5.74) is 9.32. The zero-order chi connectivity index (χ0) is 13.4. The molecule has 0 fully saturated rings. The highest BCUT2D eigenvalue weighted by Crippen LogP contribution is 2.37. The largest absolute Gasteiger partial charge is 0.399 e. The molecule has 0 atom stereocenters. The Labute approximate surface area is 120 Å². The predicted octanol–water partition coefficient (Wildman–Crippen LogP) is 3.39. The molecule has 1 aliphatic heterocycles. The van der Waals surface area contributed by atoms with Gasteiger partial charge in [0.05, 0.1) is 11.3 Å². The van der Waals surface area contributed by atoms with Gasteiger partial charge in [-0.05, 0) is 36.1 Å². The highest BCUT2D eigenvalue weighted by molar-refractivity contribution is 7.99. The fourth-order valence-electron chi connectivity index (χ4n) is 2.17. The van der Waals surface area contributed by atoms with Gasteiger partial charge in [-0.2, -0.15) is 11.3 Å². The first-order chi connectivity index (χ1) is 9.16. The molecular formula is C14H14N2OS2. The molecule has 0 unspecified atom stereocenters. The van der Waals surface area contributed by atoms with Crippen LogP contribution in [0.1, 0.15) is 15.9 Å². The number of thioether (sulfide) groups is 1. The number of nitrogens with two attached hydrogens (primary N) is 1. The number of aryl methyl sites for hydroxylation is 1. The molecule has 2 heterocycles. The van der Waals surface area contributed by atoms with Crippen LogP contribution in [-0.2, 0) is 0 Å². The van der Waals surface area contributed by atoms with Crippen LogP contribution in [0.2, 0.25) is 0 Å². The van der Waals surface area contributed by atoms with Crippen molar-refractivity contribution in [2.45, 2.75) is 11.8 Å². The molecule has 1 aliphatic rings. The predicted molar refractivity (Wildman–Crippen MR) is 82.3 cm³/mol. The third kappa shape index (κ3) is 2.24. The molecule has 2 N–H and O–H groups in total. The molecule has 0 saturated carbocycles. The number of hydrogen-bond acceptors (Lipinski definition) is 4. The van der Waals surface area contributed by atoms with Crippen molar-refractivity contribution >= 4 is 40.4 Å². The molecule has 0 saturated heterocycles. The normalized spacial score (nSPS) is 14.3. The van der Waals surface area contributed by atoms with E-state index in [1.54, 1.807) is 23.1 Å². The number of anilines is 2. The van der Waals surface area contributed by atoms with Gasteiger partial charge in [-0.1, -0.05) is 0 Å². The van der Waals surface area contributed by atoms with Crippen LogP contribution in [0.15, 0.2) is 33.9 Å². The highest BCUT2D eigenvalue weighted by atomic mass is 32.2. The summed E-state index contributed by atoms with van der Waals surface area (Å²) < 4.78 is 0. The molecule has 1 amide bonds. The van der Waals surface area contributed by atoms with Crippen molar-refractivity contribution in [3.05, 3.63) is 40.1 Å². The summed E-state index contributed by atoms with van der Waals surface area (Å²) in [5, 5.41) is 3.93. The smallest absolute Gasteiger partial charge is 0.259 e. The van der Waals surface area contributed by atoms with E-state index in [-0.39, 0.29) is 5.91 Å². The van der Waals surface area contributed by atoms with Crippen LogP contribution in [0.3, 0.4) is 0 Å². The SMILES string of the molecule is Cc1cscc1C(=O)N1CCSc2ccc(N)cc21. The average Bonchev–Trinajstić information content (AvgIpc) is 2.83. The Bertz CT molecular complexity index is 636. The molecule has 98 valence electrons. The second-order valence-electron chi connectivity index (χ2n) is 4.50. The van der Waals surface area contributed by atoms with Gasteiger partial charge in [0.1, 0.15) is 0 Å². The average molecular weight is 290 g/mol. The number of amides is 1. The molecule has 3 nitrogen and oxygen atoms in total. The van der Waals surface area contributed by atoms with Crippen LogP contribution in [0.4, 0.5) is 11.4 Å². The Kier molecular flexibility index (Phi) is 3.24. The van der Waals surface area contributed by atoms with E-state index in [1.807, 2.05) is 40.8 Å².